The first kappa shape index (κ1) is 15.4. The zero-order chi connectivity index (χ0) is 12.6. The Hall–Kier alpha value is -0.610. The summed E-state index contributed by atoms with van der Waals surface area (Å²) in [6.45, 7) is 9.64. The number of carbonyl (C=O) groups excluding carboxylic acids is 1. The molecule has 0 aromatic rings. The highest BCUT2D eigenvalue weighted by Gasteiger charge is 2.22. The summed E-state index contributed by atoms with van der Waals surface area (Å²) in [7, 11) is 1.93. The van der Waals surface area contributed by atoms with Crippen LogP contribution in [0.2, 0.25) is 0 Å². The van der Waals surface area contributed by atoms with Gasteiger partial charge in [-0.05, 0) is 34.2 Å². The second-order valence-electron chi connectivity index (χ2n) is 4.08. The lowest BCUT2D eigenvalue weighted by Crippen LogP contribution is -2.41. The van der Waals surface area contributed by atoms with E-state index in [9.17, 15) is 4.79 Å². The van der Waals surface area contributed by atoms with Crippen molar-refractivity contribution in [2.75, 3.05) is 26.8 Å². The maximum Gasteiger partial charge on any atom is 0.323 e. The van der Waals surface area contributed by atoms with Crippen molar-refractivity contribution in [3.05, 3.63) is 0 Å². The second kappa shape index (κ2) is 8.53. The molecule has 1 unspecified atom stereocenters. The lowest BCUT2D eigenvalue weighted by atomic mass is 10.2. The van der Waals surface area contributed by atoms with Crippen molar-refractivity contribution in [3.63, 3.8) is 0 Å². The normalized spacial score (nSPS) is 13.2. The Morgan fingerprint density at radius 2 is 1.94 bits per heavy atom. The molecule has 0 saturated carbocycles. The van der Waals surface area contributed by atoms with Crippen LogP contribution in [-0.2, 0) is 14.3 Å². The van der Waals surface area contributed by atoms with Crippen LogP contribution in [0, 0.1) is 0 Å². The molecule has 0 saturated heterocycles. The fourth-order valence-electron chi connectivity index (χ4n) is 1.48. The van der Waals surface area contributed by atoms with Gasteiger partial charge < -0.3 is 9.47 Å². The summed E-state index contributed by atoms with van der Waals surface area (Å²) < 4.78 is 10.5. The molecule has 0 aliphatic rings. The Balaban J connectivity index is 4.00. The van der Waals surface area contributed by atoms with Gasteiger partial charge in [-0.3, -0.25) is 9.69 Å². The molecule has 4 heteroatoms. The first-order valence-electron chi connectivity index (χ1n) is 6.01. The van der Waals surface area contributed by atoms with E-state index >= 15 is 0 Å². The van der Waals surface area contributed by atoms with Gasteiger partial charge in [0.05, 0.1) is 19.3 Å². The van der Waals surface area contributed by atoms with Crippen LogP contribution in [0.25, 0.3) is 0 Å². The van der Waals surface area contributed by atoms with E-state index in [1.165, 1.54) is 0 Å². The minimum absolute atomic E-state index is 0.142. The molecule has 96 valence electrons. The predicted octanol–water partition coefficient (Wildman–Crippen LogP) is 1.68. The molecular formula is C12H25NO3. The molecule has 0 rings (SSSR count). The number of ether oxygens (including phenoxy) is 2. The highest BCUT2D eigenvalue weighted by atomic mass is 16.5. The van der Waals surface area contributed by atoms with Crippen LogP contribution in [-0.4, -0.2) is 49.8 Å². The van der Waals surface area contributed by atoms with E-state index in [1.807, 2.05) is 39.6 Å². The number of hydrogen-bond acceptors (Lipinski definition) is 4. The van der Waals surface area contributed by atoms with Crippen LogP contribution in [0.4, 0.5) is 0 Å². The van der Waals surface area contributed by atoms with E-state index in [1.54, 1.807) is 0 Å². The quantitative estimate of drug-likeness (QED) is 0.596. The van der Waals surface area contributed by atoms with Crippen LogP contribution in [0.1, 0.15) is 34.1 Å². The molecule has 0 aromatic carbocycles. The largest absolute Gasteiger partial charge is 0.465 e. The maximum atomic E-state index is 11.6. The molecule has 0 radical (unpaired) electrons. The lowest BCUT2D eigenvalue weighted by molar-refractivity contribution is -0.149. The van der Waals surface area contributed by atoms with Crippen molar-refractivity contribution in [2.45, 2.75) is 46.3 Å². The zero-order valence-corrected chi connectivity index (χ0v) is 11.2. The number of hydrogen-bond donors (Lipinski definition) is 0. The van der Waals surface area contributed by atoms with E-state index in [2.05, 4.69) is 0 Å². The van der Waals surface area contributed by atoms with Crippen molar-refractivity contribution in [2.24, 2.45) is 0 Å². The van der Waals surface area contributed by atoms with E-state index < -0.39 is 0 Å². The van der Waals surface area contributed by atoms with Gasteiger partial charge in [0.1, 0.15) is 6.04 Å². The third-order valence-electron chi connectivity index (χ3n) is 2.37. The van der Waals surface area contributed by atoms with E-state index in [0.29, 0.717) is 13.2 Å². The van der Waals surface area contributed by atoms with Crippen LogP contribution in [0.3, 0.4) is 0 Å². The van der Waals surface area contributed by atoms with Crippen LogP contribution in [0.15, 0.2) is 0 Å². The molecule has 0 aliphatic carbocycles. The SMILES string of the molecule is CCOC(=O)C(CC)N(C)CCOC(C)C. The molecule has 0 aliphatic heterocycles. The summed E-state index contributed by atoms with van der Waals surface area (Å²) in [5, 5.41) is 0. The molecule has 0 N–H and O–H groups in total. The maximum absolute atomic E-state index is 11.6. The minimum Gasteiger partial charge on any atom is -0.465 e. The van der Waals surface area contributed by atoms with Gasteiger partial charge in [0.2, 0.25) is 0 Å². The van der Waals surface area contributed by atoms with Gasteiger partial charge in [0.15, 0.2) is 0 Å². The van der Waals surface area contributed by atoms with Gasteiger partial charge in [-0.1, -0.05) is 6.92 Å². The fourth-order valence-corrected chi connectivity index (χ4v) is 1.48. The number of nitrogens with zero attached hydrogens (tertiary/aromatic N) is 1. The van der Waals surface area contributed by atoms with Crippen LogP contribution in [0.5, 0.6) is 0 Å². The third kappa shape index (κ3) is 6.08. The fraction of sp³-hybridized carbons (Fsp3) is 0.917. The van der Waals surface area contributed by atoms with Crippen molar-refractivity contribution in [1.29, 1.82) is 0 Å². The molecular weight excluding hydrogens is 206 g/mol. The zero-order valence-electron chi connectivity index (χ0n) is 11.2. The number of rotatable bonds is 8. The van der Waals surface area contributed by atoms with Gasteiger partial charge in [0, 0.05) is 6.54 Å². The number of esters is 1. The molecule has 1 atom stereocenters. The molecule has 0 amide bonds. The highest BCUT2D eigenvalue weighted by Crippen LogP contribution is 2.04. The third-order valence-corrected chi connectivity index (χ3v) is 2.37. The topological polar surface area (TPSA) is 38.8 Å². The van der Waals surface area contributed by atoms with Crippen molar-refractivity contribution < 1.29 is 14.3 Å². The summed E-state index contributed by atoms with van der Waals surface area (Å²) >= 11 is 0. The number of carbonyl (C=O) groups is 1. The minimum atomic E-state index is -0.157. The predicted molar refractivity (Wildman–Crippen MR) is 64.4 cm³/mol. The molecule has 0 bridgehead atoms. The smallest absolute Gasteiger partial charge is 0.323 e. The molecule has 0 heterocycles. The average molecular weight is 231 g/mol. The molecule has 4 nitrogen and oxygen atoms in total. The van der Waals surface area contributed by atoms with Gasteiger partial charge >= 0.3 is 5.97 Å². The molecule has 0 fully saturated rings. The van der Waals surface area contributed by atoms with Crippen molar-refractivity contribution in [1.82, 2.24) is 4.90 Å². The summed E-state index contributed by atoms with van der Waals surface area (Å²) in [6.07, 6.45) is 0.993. The van der Waals surface area contributed by atoms with Gasteiger partial charge in [-0.25, -0.2) is 0 Å². The first-order valence-corrected chi connectivity index (χ1v) is 6.01. The van der Waals surface area contributed by atoms with Gasteiger partial charge in [-0.15, -0.1) is 0 Å². The second-order valence-corrected chi connectivity index (χ2v) is 4.08. The van der Waals surface area contributed by atoms with Crippen molar-refractivity contribution >= 4 is 5.97 Å². The standard InChI is InChI=1S/C12H25NO3/c1-6-11(12(14)15-7-2)13(5)8-9-16-10(3)4/h10-11H,6-9H2,1-5H3. The summed E-state index contributed by atoms with van der Waals surface area (Å²) in [5.74, 6) is -0.142. The Morgan fingerprint density at radius 1 is 1.31 bits per heavy atom. The summed E-state index contributed by atoms with van der Waals surface area (Å²) in [5.41, 5.74) is 0. The summed E-state index contributed by atoms with van der Waals surface area (Å²) in [6, 6.07) is -0.157. The monoisotopic (exact) mass is 231 g/mol. The van der Waals surface area contributed by atoms with E-state index in [-0.39, 0.29) is 18.1 Å². The Bertz CT molecular complexity index is 195. The van der Waals surface area contributed by atoms with E-state index in [0.717, 1.165) is 13.0 Å². The molecule has 0 spiro atoms. The van der Waals surface area contributed by atoms with E-state index in [4.69, 9.17) is 9.47 Å². The Morgan fingerprint density at radius 3 is 2.38 bits per heavy atom. The van der Waals surface area contributed by atoms with Crippen LogP contribution < -0.4 is 0 Å². The Labute approximate surface area is 98.9 Å². The molecule has 16 heavy (non-hydrogen) atoms. The van der Waals surface area contributed by atoms with Crippen molar-refractivity contribution in [3.8, 4) is 0 Å². The Kier molecular flexibility index (Phi) is 8.21. The van der Waals surface area contributed by atoms with Gasteiger partial charge in [-0.2, -0.15) is 0 Å². The highest BCUT2D eigenvalue weighted by molar-refractivity contribution is 5.75. The summed E-state index contributed by atoms with van der Waals surface area (Å²) in [4.78, 5) is 13.6. The van der Waals surface area contributed by atoms with Crippen LogP contribution >= 0.6 is 0 Å². The van der Waals surface area contributed by atoms with Gasteiger partial charge in [0.25, 0.3) is 0 Å². The first-order chi connectivity index (χ1) is 7.52. The average Bonchev–Trinajstić information content (AvgIpc) is 2.18. The lowest BCUT2D eigenvalue weighted by Gasteiger charge is -2.25. The molecule has 0 aromatic heterocycles. The number of likely N-dealkylation sites (N-methyl/N-ethyl adjacent to an activating group) is 1.